The molecule has 2 aliphatic rings. The maximum absolute atomic E-state index is 12.4. The maximum Gasteiger partial charge on any atom is 0.273 e. The van der Waals surface area contributed by atoms with Crippen LogP contribution < -0.4 is 10.5 Å². The highest BCUT2D eigenvalue weighted by Gasteiger charge is 2.40. The van der Waals surface area contributed by atoms with Crippen LogP contribution in [0.3, 0.4) is 0 Å². The predicted octanol–water partition coefficient (Wildman–Crippen LogP) is 0.997. The van der Waals surface area contributed by atoms with Crippen LogP contribution in [0.5, 0.6) is 0 Å². The minimum atomic E-state index is -3.98. The topological polar surface area (TPSA) is 118 Å². The molecule has 1 heterocycles. The summed E-state index contributed by atoms with van der Waals surface area (Å²) >= 11 is 0. The zero-order valence-electron chi connectivity index (χ0n) is 12.0. The van der Waals surface area contributed by atoms with Crippen molar-refractivity contribution >= 4 is 15.9 Å². The largest absolute Gasteiger partial charge is 0.345 e. The summed E-state index contributed by atoms with van der Waals surface area (Å²) in [4.78, 5) is 12.3. The number of rotatable bonds is 5. The molecule has 7 nitrogen and oxygen atoms in total. The molecule has 2 fully saturated rings. The third-order valence-corrected chi connectivity index (χ3v) is 5.58. The molecule has 0 bridgehead atoms. The first kappa shape index (κ1) is 14.5. The summed E-state index contributed by atoms with van der Waals surface area (Å²) in [5, 5.41) is 14.8. The quantitative estimate of drug-likeness (QED) is 0.751. The summed E-state index contributed by atoms with van der Waals surface area (Å²) in [5.41, 5.74) is 0.159. The molecule has 1 aromatic rings. The summed E-state index contributed by atoms with van der Waals surface area (Å²) in [6.45, 7) is 2.01. The average Bonchev–Trinajstić information content (AvgIpc) is 3.10. The molecule has 0 radical (unpaired) electrons. The van der Waals surface area contributed by atoms with Gasteiger partial charge in [-0.3, -0.25) is 9.89 Å². The molecule has 2 aliphatic carbocycles. The van der Waals surface area contributed by atoms with Gasteiger partial charge in [0.25, 0.3) is 5.91 Å². The molecule has 0 unspecified atom stereocenters. The van der Waals surface area contributed by atoms with Crippen LogP contribution in [0.4, 0.5) is 0 Å². The Labute approximate surface area is 123 Å². The number of nitrogens with one attached hydrogen (secondary N) is 2. The molecule has 21 heavy (non-hydrogen) atoms. The monoisotopic (exact) mass is 312 g/mol. The highest BCUT2D eigenvalue weighted by Crippen LogP contribution is 2.42. The number of nitrogens with two attached hydrogens (primary N) is 1. The van der Waals surface area contributed by atoms with Crippen molar-refractivity contribution in [3.05, 3.63) is 11.4 Å². The van der Waals surface area contributed by atoms with Gasteiger partial charge >= 0.3 is 0 Å². The first-order valence-corrected chi connectivity index (χ1v) is 8.84. The molecule has 0 aliphatic heterocycles. The smallest absolute Gasteiger partial charge is 0.273 e. The van der Waals surface area contributed by atoms with Gasteiger partial charge in [0.1, 0.15) is 4.90 Å². The minimum Gasteiger partial charge on any atom is -0.345 e. The van der Waals surface area contributed by atoms with Gasteiger partial charge in [-0.05, 0) is 38.5 Å². The van der Waals surface area contributed by atoms with Crippen LogP contribution in [0.1, 0.15) is 67.5 Å². The van der Waals surface area contributed by atoms with E-state index in [1.807, 2.05) is 6.92 Å². The molecule has 116 valence electrons. The Morgan fingerprint density at radius 3 is 2.57 bits per heavy atom. The summed E-state index contributed by atoms with van der Waals surface area (Å²) in [6.07, 6.45) is 5.52. The lowest BCUT2D eigenvalue weighted by atomic mass is 9.75. The van der Waals surface area contributed by atoms with E-state index in [1.54, 1.807) is 0 Å². The number of primary sulfonamides is 1. The van der Waals surface area contributed by atoms with E-state index >= 15 is 0 Å². The van der Waals surface area contributed by atoms with Crippen LogP contribution in [0, 0.1) is 0 Å². The molecule has 0 spiro atoms. The number of hydrogen-bond donors (Lipinski definition) is 3. The van der Waals surface area contributed by atoms with Crippen molar-refractivity contribution in [2.45, 2.75) is 61.8 Å². The number of aromatic amines is 1. The number of hydrogen-bond acceptors (Lipinski definition) is 4. The van der Waals surface area contributed by atoms with Gasteiger partial charge in [-0.1, -0.05) is 6.92 Å². The molecule has 2 saturated carbocycles. The fourth-order valence-corrected chi connectivity index (χ4v) is 3.83. The van der Waals surface area contributed by atoms with E-state index in [1.165, 1.54) is 0 Å². The van der Waals surface area contributed by atoms with Gasteiger partial charge in [0.15, 0.2) is 5.69 Å². The van der Waals surface area contributed by atoms with Crippen molar-refractivity contribution in [2.75, 3.05) is 0 Å². The number of nitrogens with zero attached hydrogens (tertiary/aromatic N) is 1. The Morgan fingerprint density at radius 2 is 2.14 bits per heavy atom. The number of H-pyrrole nitrogens is 1. The molecule has 4 N–H and O–H groups in total. The van der Waals surface area contributed by atoms with Crippen molar-refractivity contribution < 1.29 is 13.2 Å². The van der Waals surface area contributed by atoms with Crippen molar-refractivity contribution in [1.82, 2.24) is 15.5 Å². The number of carbonyl (C=O) groups is 1. The molecule has 8 heteroatoms. The first-order valence-electron chi connectivity index (χ1n) is 7.30. The Balaban J connectivity index is 1.93. The Bertz CT molecular complexity index is 666. The van der Waals surface area contributed by atoms with Crippen LogP contribution in [-0.2, 0) is 10.0 Å². The summed E-state index contributed by atoms with van der Waals surface area (Å²) in [6, 6.07) is 0. The minimum absolute atomic E-state index is 0.0980. The molecule has 3 rings (SSSR count). The number of sulfonamides is 1. The van der Waals surface area contributed by atoms with Gasteiger partial charge in [-0.2, -0.15) is 5.10 Å². The maximum atomic E-state index is 12.4. The fourth-order valence-electron chi connectivity index (χ4n) is 2.91. The predicted molar refractivity (Wildman–Crippen MR) is 76.3 cm³/mol. The Hall–Kier alpha value is -1.41. The third-order valence-electron chi connectivity index (χ3n) is 4.60. The van der Waals surface area contributed by atoms with Crippen LogP contribution >= 0.6 is 0 Å². The SMILES string of the molecule is CCC1(NC(=O)c2n[nH]c(C3CC3)c2S(N)(=O)=O)CCC1. The summed E-state index contributed by atoms with van der Waals surface area (Å²) in [7, 11) is -3.98. The standard InChI is InChI=1S/C13H20N4O3S/c1-2-13(6-3-7-13)15-12(18)10-11(21(14,19)20)9(16-17-10)8-4-5-8/h8H,2-7H2,1H3,(H,15,18)(H,16,17)(H2,14,19,20). The normalized spacial score (nSPS) is 20.9. The van der Waals surface area contributed by atoms with Gasteiger partial charge in [-0.25, -0.2) is 13.6 Å². The molecule has 0 aromatic carbocycles. The van der Waals surface area contributed by atoms with Gasteiger partial charge < -0.3 is 5.32 Å². The van der Waals surface area contributed by atoms with Crippen LogP contribution in [0.2, 0.25) is 0 Å². The third kappa shape index (κ3) is 2.57. The molecular weight excluding hydrogens is 292 g/mol. The molecule has 1 amide bonds. The van der Waals surface area contributed by atoms with Gasteiger partial charge in [0, 0.05) is 11.5 Å². The Morgan fingerprint density at radius 1 is 1.48 bits per heavy atom. The molecule has 0 atom stereocenters. The lowest BCUT2D eigenvalue weighted by molar-refractivity contribution is 0.0811. The van der Waals surface area contributed by atoms with Crippen molar-refractivity contribution in [1.29, 1.82) is 0 Å². The van der Waals surface area contributed by atoms with E-state index in [-0.39, 0.29) is 22.0 Å². The highest BCUT2D eigenvalue weighted by molar-refractivity contribution is 7.89. The van der Waals surface area contributed by atoms with E-state index < -0.39 is 15.9 Å². The second-order valence-corrected chi connectivity index (χ2v) is 7.57. The number of carbonyl (C=O) groups excluding carboxylic acids is 1. The van der Waals surface area contributed by atoms with Crippen LogP contribution in [-0.4, -0.2) is 30.1 Å². The molecule has 0 saturated heterocycles. The second kappa shape index (κ2) is 4.81. The van der Waals surface area contributed by atoms with Crippen LogP contribution in [0.25, 0.3) is 0 Å². The van der Waals surface area contributed by atoms with Crippen molar-refractivity contribution in [3.8, 4) is 0 Å². The first-order chi connectivity index (χ1) is 9.86. The zero-order valence-corrected chi connectivity index (χ0v) is 12.8. The molecular formula is C13H20N4O3S. The number of amides is 1. The summed E-state index contributed by atoms with van der Waals surface area (Å²) < 4.78 is 23.7. The lowest BCUT2D eigenvalue weighted by Gasteiger charge is -2.41. The van der Waals surface area contributed by atoms with E-state index in [9.17, 15) is 13.2 Å². The van der Waals surface area contributed by atoms with Gasteiger partial charge in [0.2, 0.25) is 10.0 Å². The van der Waals surface area contributed by atoms with E-state index in [0.29, 0.717) is 5.69 Å². The van der Waals surface area contributed by atoms with Gasteiger partial charge in [-0.15, -0.1) is 0 Å². The lowest BCUT2D eigenvalue weighted by Crippen LogP contribution is -2.53. The average molecular weight is 312 g/mol. The van der Waals surface area contributed by atoms with Gasteiger partial charge in [0.05, 0.1) is 5.69 Å². The van der Waals surface area contributed by atoms with E-state index in [4.69, 9.17) is 5.14 Å². The fraction of sp³-hybridized carbons (Fsp3) is 0.692. The van der Waals surface area contributed by atoms with Crippen LogP contribution in [0.15, 0.2) is 4.90 Å². The van der Waals surface area contributed by atoms with Crippen molar-refractivity contribution in [3.63, 3.8) is 0 Å². The zero-order chi connectivity index (χ0) is 15.3. The van der Waals surface area contributed by atoms with Crippen molar-refractivity contribution in [2.24, 2.45) is 5.14 Å². The summed E-state index contributed by atoms with van der Waals surface area (Å²) in [5.74, 6) is -0.333. The van der Waals surface area contributed by atoms with E-state index in [0.717, 1.165) is 38.5 Å². The second-order valence-electron chi connectivity index (χ2n) is 6.08. The molecule has 1 aromatic heterocycles. The van der Waals surface area contributed by atoms with E-state index in [2.05, 4.69) is 15.5 Å². The number of aromatic nitrogens is 2. The Kier molecular flexibility index (Phi) is 3.32. The highest BCUT2D eigenvalue weighted by atomic mass is 32.2.